The number of carbonyl (C=O) groups is 1. The quantitative estimate of drug-likeness (QED) is 0.517. The van der Waals surface area contributed by atoms with Crippen LogP contribution in [0.1, 0.15) is 49.1 Å². The number of nitriles is 1. The zero-order valence-electron chi connectivity index (χ0n) is 18.2. The molecule has 1 aromatic carbocycles. The van der Waals surface area contributed by atoms with Gasteiger partial charge in [-0.2, -0.15) is 5.26 Å². The minimum atomic E-state index is -3.46. The van der Waals surface area contributed by atoms with E-state index >= 15 is 0 Å². The Morgan fingerprint density at radius 2 is 1.97 bits per heavy atom. The lowest BCUT2D eigenvalue weighted by Gasteiger charge is -2.40. The molecule has 32 heavy (non-hydrogen) atoms. The Balaban J connectivity index is 1.51. The Labute approximate surface area is 188 Å². The minimum absolute atomic E-state index is 0.198. The summed E-state index contributed by atoms with van der Waals surface area (Å²) in [5, 5.41) is 19.2. The van der Waals surface area contributed by atoms with E-state index in [1.165, 1.54) is 10.2 Å². The number of aromatic nitrogens is 1. The first-order valence-corrected chi connectivity index (χ1v) is 12.8. The Bertz CT molecular complexity index is 1150. The molecule has 0 radical (unpaired) electrons. The van der Waals surface area contributed by atoms with E-state index in [0.29, 0.717) is 17.7 Å². The van der Waals surface area contributed by atoms with Crippen LogP contribution in [-0.2, 0) is 14.8 Å². The summed E-state index contributed by atoms with van der Waals surface area (Å²) in [6.45, 7) is 3.17. The molecular weight excluding hydrogens is 430 g/mol. The zero-order chi connectivity index (χ0) is 22.9. The van der Waals surface area contributed by atoms with Gasteiger partial charge >= 0.3 is 0 Å². The summed E-state index contributed by atoms with van der Waals surface area (Å²) in [4.78, 5) is 16.5. The lowest BCUT2D eigenvalue weighted by molar-refractivity contribution is -0.137. The molecule has 0 aliphatic carbocycles. The smallest absolute Gasteiger partial charge is 0.260 e. The molecule has 0 unspecified atom stereocenters. The normalized spacial score (nSPS) is 21.5. The molecule has 2 aliphatic heterocycles. The van der Waals surface area contributed by atoms with Gasteiger partial charge in [-0.1, -0.05) is 6.42 Å². The maximum absolute atomic E-state index is 12.3. The topological polar surface area (TPSA) is 119 Å². The first kappa shape index (κ1) is 22.7. The summed E-state index contributed by atoms with van der Waals surface area (Å²) in [5.74, 6) is -0.148. The molecule has 0 saturated carbocycles. The third-order valence-electron chi connectivity index (χ3n) is 6.72. The van der Waals surface area contributed by atoms with E-state index < -0.39 is 10.0 Å². The molecule has 9 nitrogen and oxygen atoms in total. The summed E-state index contributed by atoms with van der Waals surface area (Å²) < 4.78 is 25.9. The third-order valence-corrected chi connectivity index (χ3v) is 7.74. The van der Waals surface area contributed by atoms with Gasteiger partial charge < -0.3 is 0 Å². The van der Waals surface area contributed by atoms with Crippen molar-refractivity contribution in [1.29, 1.82) is 5.26 Å². The van der Waals surface area contributed by atoms with Gasteiger partial charge in [0.15, 0.2) is 0 Å². The van der Waals surface area contributed by atoms with Crippen LogP contribution in [-0.4, -0.2) is 71.9 Å². The third kappa shape index (κ3) is 4.52. The van der Waals surface area contributed by atoms with Crippen molar-refractivity contribution in [2.75, 3.05) is 32.6 Å². The van der Waals surface area contributed by atoms with Gasteiger partial charge in [-0.25, -0.2) is 17.9 Å². The second-order valence-electron chi connectivity index (χ2n) is 8.82. The summed E-state index contributed by atoms with van der Waals surface area (Å²) in [6, 6.07) is 6.98. The average Bonchev–Trinajstić information content (AvgIpc) is 3.19. The molecule has 1 atom stereocenters. The van der Waals surface area contributed by atoms with E-state index in [-0.39, 0.29) is 17.9 Å². The van der Waals surface area contributed by atoms with Gasteiger partial charge in [-0.15, -0.1) is 0 Å². The predicted molar refractivity (Wildman–Crippen MR) is 120 cm³/mol. The van der Waals surface area contributed by atoms with Crippen molar-refractivity contribution in [2.24, 2.45) is 0 Å². The van der Waals surface area contributed by atoms with Gasteiger partial charge in [-0.3, -0.25) is 19.8 Å². The number of piperidine rings is 2. The number of rotatable bonds is 5. The maximum atomic E-state index is 12.3. The molecule has 2 fully saturated rings. The lowest BCUT2D eigenvalue weighted by atomic mass is 9.89. The second-order valence-corrected chi connectivity index (χ2v) is 10.7. The summed E-state index contributed by atoms with van der Waals surface area (Å²) in [5.41, 5.74) is 3.89. The summed E-state index contributed by atoms with van der Waals surface area (Å²) in [6.07, 6.45) is 7.40. The van der Waals surface area contributed by atoms with E-state index in [4.69, 9.17) is 5.21 Å². The van der Waals surface area contributed by atoms with E-state index in [9.17, 15) is 18.5 Å². The number of hydrogen-bond donors (Lipinski definition) is 2. The standard InChI is InChI=1S/C22H29N5O4S/c1-32(30,31)27-14-19(18-12-16(13-23)5-6-20(18)27)17-7-10-25(11-8-17)15-26-9-3-2-4-21(26)22(28)24-29/h5-6,12,14,17,21,29H,2-4,7-11,15H2,1H3,(H,24,28)/t21-/m1/s1. The van der Waals surface area contributed by atoms with Gasteiger partial charge in [0.2, 0.25) is 10.0 Å². The van der Waals surface area contributed by atoms with E-state index in [0.717, 1.165) is 62.7 Å². The van der Waals surface area contributed by atoms with Crippen LogP contribution >= 0.6 is 0 Å². The van der Waals surface area contributed by atoms with Crippen LogP contribution in [0, 0.1) is 11.3 Å². The molecule has 172 valence electrons. The molecule has 2 saturated heterocycles. The lowest BCUT2D eigenvalue weighted by Crippen LogP contribution is -2.53. The number of nitrogens with zero attached hydrogens (tertiary/aromatic N) is 4. The van der Waals surface area contributed by atoms with Crippen molar-refractivity contribution >= 4 is 26.8 Å². The van der Waals surface area contributed by atoms with Crippen molar-refractivity contribution < 1.29 is 18.4 Å². The Kier molecular flexibility index (Phi) is 6.53. The van der Waals surface area contributed by atoms with Crippen molar-refractivity contribution in [2.45, 2.75) is 44.1 Å². The Morgan fingerprint density at radius 1 is 1.22 bits per heavy atom. The summed E-state index contributed by atoms with van der Waals surface area (Å²) >= 11 is 0. The monoisotopic (exact) mass is 459 g/mol. The van der Waals surface area contributed by atoms with Crippen LogP contribution in [0.3, 0.4) is 0 Å². The van der Waals surface area contributed by atoms with Crippen molar-refractivity contribution in [3.05, 3.63) is 35.5 Å². The highest BCUT2D eigenvalue weighted by molar-refractivity contribution is 7.89. The molecule has 0 spiro atoms. The number of benzene rings is 1. The molecule has 1 amide bonds. The summed E-state index contributed by atoms with van der Waals surface area (Å²) in [7, 11) is -3.46. The first-order chi connectivity index (χ1) is 15.3. The fourth-order valence-corrected chi connectivity index (χ4v) is 5.89. The van der Waals surface area contributed by atoms with Crippen LogP contribution < -0.4 is 5.48 Å². The predicted octanol–water partition coefficient (Wildman–Crippen LogP) is 1.82. The molecule has 2 aliphatic rings. The van der Waals surface area contributed by atoms with Crippen LogP contribution in [0.4, 0.5) is 0 Å². The molecule has 2 N–H and O–H groups in total. The van der Waals surface area contributed by atoms with Crippen LogP contribution in [0.5, 0.6) is 0 Å². The van der Waals surface area contributed by atoms with Crippen LogP contribution in [0.15, 0.2) is 24.4 Å². The fourth-order valence-electron chi connectivity index (χ4n) is 5.07. The first-order valence-electron chi connectivity index (χ1n) is 11.0. The van der Waals surface area contributed by atoms with Gasteiger partial charge in [0.1, 0.15) is 0 Å². The Morgan fingerprint density at radius 3 is 2.62 bits per heavy atom. The van der Waals surface area contributed by atoms with Gasteiger partial charge in [-0.05, 0) is 68.5 Å². The van der Waals surface area contributed by atoms with Crippen LogP contribution in [0.25, 0.3) is 10.9 Å². The molecule has 0 bridgehead atoms. The van der Waals surface area contributed by atoms with Crippen LogP contribution in [0.2, 0.25) is 0 Å². The number of amides is 1. The van der Waals surface area contributed by atoms with Gasteiger partial charge in [0.05, 0.1) is 36.1 Å². The molecule has 3 heterocycles. The maximum Gasteiger partial charge on any atom is 0.260 e. The number of carbonyl (C=O) groups excluding carboxylic acids is 1. The van der Waals surface area contributed by atoms with Crippen molar-refractivity contribution in [3.63, 3.8) is 0 Å². The van der Waals surface area contributed by atoms with Gasteiger partial charge in [0, 0.05) is 18.1 Å². The molecule has 10 heteroatoms. The van der Waals surface area contributed by atoms with E-state index in [1.807, 2.05) is 0 Å². The second kappa shape index (κ2) is 9.19. The van der Waals surface area contributed by atoms with Crippen molar-refractivity contribution in [1.82, 2.24) is 19.3 Å². The largest absolute Gasteiger partial charge is 0.290 e. The number of likely N-dealkylation sites (tertiary alicyclic amines) is 2. The van der Waals surface area contributed by atoms with Crippen molar-refractivity contribution in [3.8, 4) is 6.07 Å². The SMILES string of the molecule is CS(=O)(=O)n1cc(C2CCN(CN3CCCC[C@@H]3C(=O)NO)CC2)c2cc(C#N)ccc21. The number of hydroxylamine groups is 1. The molecular formula is C22H29N5O4S. The molecule has 2 aromatic rings. The average molecular weight is 460 g/mol. The minimum Gasteiger partial charge on any atom is -0.290 e. The highest BCUT2D eigenvalue weighted by atomic mass is 32.2. The number of fused-ring (bicyclic) bond motifs is 1. The zero-order valence-corrected chi connectivity index (χ0v) is 19.0. The molecule has 1 aromatic heterocycles. The fraction of sp³-hybridized carbons (Fsp3) is 0.545. The Hall–Kier alpha value is -2.45. The van der Waals surface area contributed by atoms with E-state index in [1.54, 1.807) is 29.9 Å². The van der Waals surface area contributed by atoms with E-state index in [2.05, 4.69) is 15.9 Å². The molecule has 4 rings (SSSR count). The number of nitrogens with one attached hydrogen (secondary N) is 1. The van der Waals surface area contributed by atoms with Gasteiger partial charge in [0.25, 0.3) is 5.91 Å². The number of hydrogen-bond acceptors (Lipinski definition) is 7. The highest BCUT2D eigenvalue weighted by Gasteiger charge is 2.31. The highest BCUT2D eigenvalue weighted by Crippen LogP contribution is 2.35.